The average Bonchev–Trinajstić information content (AvgIpc) is 3.15. The van der Waals surface area contributed by atoms with Gasteiger partial charge in [-0.2, -0.15) is 0 Å². The smallest absolute Gasteiger partial charge is 0.253 e. The second-order valence-corrected chi connectivity index (χ2v) is 6.54. The quantitative estimate of drug-likeness (QED) is 0.907. The molecule has 0 spiro atoms. The maximum absolute atomic E-state index is 12.8. The molecule has 2 aliphatic heterocycles. The molecule has 24 heavy (non-hydrogen) atoms. The minimum atomic E-state index is 0. The number of hydrogen-bond acceptors (Lipinski definition) is 3. The van der Waals surface area contributed by atoms with Crippen LogP contribution in [0.15, 0.2) is 42.5 Å². The second-order valence-electron chi connectivity index (χ2n) is 6.54. The van der Waals surface area contributed by atoms with Gasteiger partial charge in [-0.15, -0.1) is 12.4 Å². The van der Waals surface area contributed by atoms with E-state index in [1.54, 1.807) is 0 Å². The van der Waals surface area contributed by atoms with Gasteiger partial charge in [0.25, 0.3) is 5.91 Å². The number of nitrogens with zero attached hydrogens (tertiary/aromatic N) is 2. The monoisotopic (exact) mass is 345 g/mol. The molecule has 1 unspecified atom stereocenters. The standard InChI is InChI=1S/C19H23N3O.ClH/c23-19(17-6-5-15-3-1-2-4-16(15)13-17)22-11-9-21(10-12-22)18-7-8-20-14-18;/h1-6,13,18,20H,7-12,14H2;1H. The van der Waals surface area contributed by atoms with Crippen LogP contribution in [0.3, 0.4) is 0 Å². The van der Waals surface area contributed by atoms with E-state index in [0.717, 1.165) is 50.2 Å². The SMILES string of the molecule is Cl.O=C(c1ccc2ccccc2c1)N1CCN(C2CCNC2)CC1. The van der Waals surface area contributed by atoms with Gasteiger partial charge in [-0.25, -0.2) is 0 Å². The van der Waals surface area contributed by atoms with Gasteiger partial charge in [-0.3, -0.25) is 9.69 Å². The minimum Gasteiger partial charge on any atom is -0.336 e. The topological polar surface area (TPSA) is 35.6 Å². The number of nitrogens with one attached hydrogen (secondary N) is 1. The Morgan fingerprint density at radius 3 is 2.46 bits per heavy atom. The molecule has 2 aromatic rings. The predicted molar refractivity (Wildman–Crippen MR) is 99.9 cm³/mol. The summed E-state index contributed by atoms with van der Waals surface area (Å²) in [6, 6.07) is 14.9. The van der Waals surface area contributed by atoms with Crippen LogP contribution in [0.1, 0.15) is 16.8 Å². The van der Waals surface area contributed by atoms with E-state index in [-0.39, 0.29) is 18.3 Å². The number of carbonyl (C=O) groups excluding carboxylic acids is 1. The van der Waals surface area contributed by atoms with Crippen molar-refractivity contribution < 1.29 is 4.79 Å². The van der Waals surface area contributed by atoms with Crippen LogP contribution in [0.25, 0.3) is 10.8 Å². The lowest BCUT2D eigenvalue weighted by atomic mass is 10.1. The van der Waals surface area contributed by atoms with Gasteiger partial charge >= 0.3 is 0 Å². The van der Waals surface area contributed by atoms with Gasteiger partial charge in [0, 0.05) is 44.3 Å². The normalized spacial score (nSPS) is 21.7. The summed E-state index contributed by atoms with van der Waals surface area (Å²) in [6.45, 7) is 5.88. The number of hydrogen-bond donors (Lipinski definition) is 1. The molecule has 4 rings (SSSR count). The number of benzene rings is 2. The summed E-state index contributed by atoms with van der Waals surface area (Å²) in [5.74, 6) is 0.167. The first-order valence-corrected chi connectivity index (χ1v) is 8.54. The average molecular weight is 346 g/mol. The molecule has 1 amide bonds. The van der Waals surface area contributed by atoms with Gasteiger partial charge in [0.15, 0.2) is 0 Å². The Kier molecular flexibility index (Phi) is 5.39. The molecule has 0 bridgehead atoms. The highest BCUT2D eigenvalue weighted by Gasteiger charge is 2.28. The number of carbonyl (C=O) groups is 1. The molecule has 4 nitrogen and oxygen atoms in total. The van der Waals surface area contributed by atoms with Crippen molar-refractivity contribution >= 4 is 29.1 Å². The second kappa shape index (κ2) is 7.51. The molecule has 1 N–H and O–H groups in total. The zero-order valence-electron chi connectivity index (χ0n) is 13.8. The van der Waals surface area contributed by atoms with E-state index in [1.165, 1.54) is 11.8 Å². The van der Waals surface area contributed by atoms with Crippen molar-refractivity contribution in [3.8, 4) is 0 Å². The Morgan fingerprint density at radius 2 is 1.75 bits per heavy atom. The van der Waals surface area contributed by atoms with E-state index in [4.69, 9.17) is 0 Å². The van der Waals surface area contributed by atoms with Gasteiger partial charge in [0.05, 0.1) is 0 Å². The highest BCUT2D eigenvalue weighted by Crippen LogP contribution is 2.18. The van der Waals surface area contributed by atoms with E-state index >= 15 is 0 Å². The Bertz CT molecular complexity index is 707. The molecular formula is C19H24ClN3O. The van der Waals surface area contributed by atoms with E-state index in [2.05, 4.69) is 22.3 Å². The van der Waals surface area contributed by atoms with Crippen LogP contribution >= 0.6 is 12.4 Å². The maximum Gasteiger partial charge on any atom is 0.253 e. The van der Waals surface area contributed by atoms with Crippen molar-refractivity contribution in [1.82, 2.24) is 15.1 Å². The molecule has 128 valence electrons. The Labute approximate surface area is 149 Å². The van der Waals surface area contributed by atoms with Crippen LogP contribution in [0.5, 0.6) is 0 Å². The Balaban J connectivity index is 0.00000169. The summed E-state index contributed by atoms with van der Waals surface area (Å²) < 4.78 is 0. The third-order valence-electron chi connectivity index (χ3n) is 5.15. The molecule has 0 saturated carbocycles. The van der Waals surface area contributed by atoms with Gasteiger partial charge in [-0.1, -0.05) is 30.3 Å². The first-order chi connectivity index (χ1) is 11.3. The molecule has 2 heterocycles. The molecule has 1 atom stereocenters. The molecule has 0 aliphatic carbocycles. The Hall–Kier alpha value is -1.62. The lowest BCUT2D eigenvalue weighted by Gasteiger charge is -2.37. The van der Waals surface area contributed by atoms with Gasteiger partial charge in [0.2, 0.25) is 0 Å². The number of halogens is 1. The maximum atomic E-state index is 12.8. The van der Waals surface area contributed by atoms with Crippen LogP contribution in [0.2, 0.25) is 0 Å². The van der Waals surface area contributed by atoms with E-state index in [9.17, 15) is 4.79 Å². The summed E-state index contributed by atoms with van der Waals surface area (Å²) in [7, 11) is 0. The van der Waals surface area contributed by atoms with Crippen molar-refractivity contribution in [2.75, 3.05) is 39.3 Å². The van der Waals surface area contributed by atoms with Gasteiger partial charge < -0.3 is 10.2 Å². The number of fused-ring (bicyclic) bond motifs is 1. The highest BCUT2D eigenvalue weighted by molar-refractivity contribution is 5.98. The molecule has 5 heteroatoms. The van der Waals surface area contributed by atoms with E-state index in [1.807, 2.05) is 35.2 Å². The van der Waals surface area contributed by atoms with Gasteiger partial charge in [-0.05, 0) is 35.9 Å². The molecular weight excluding hydrogens is 322 g/mol. The van der Waals surface area contributed by atoms with Crippen LogP contribution in [0, 0.1) is 0 Å². The zero-order valence-corrected chi connectivity index (χ0v) is 14.6. The molecule has 2 aromatic carbocycles. The highest BCUT2D eigenvalue weighted by atomic mass is 35.5. The third kappa shape index (κ3) is 3.41. The first-order valence-electron chi connectivity index (χ1n) is 8.54. The molecule has 2 fully saturated rings. The third-order valence-corrected chi connectivity index (χ3v) is 5.15. The minimum absolute atomic E-state index is 0. The van der Waals surface area contributed by atoms with Crippen molar-refractivity contribution in [2.45, 2.75) is 12.5 Å². The summed E-state index contributed by atoms with van der Waals surface area (Å²) in [6.07, 6.45) is 1.23. The zero-order chi connectivity index (χ0) is 15.6. The summed E-state index contributed by atoms with van der Waals surface area (Å²) in [5, 5.41) is 5.74. The fourth-order valence-electron chi connectivity index (χ4n) is 3.75. The lowest BCUT2D eigenvalue weighted by molar-refractivity contribution is 0.0584. The van der Waals surface area contributed by atoms with E-state index in [0.29, 0.717) is 6.04 Å². The number of piperazine rings is 1. The number of amides is 1. The molecule has 0 radical (unpaired) electrons. The fourth-order valence-corrected chi connectivity index (χ4v) is 3.75. The van der Waals surface area contributed by atoms with Crippen molar-refractivity contribution in [1.29, 1.82) is 0 Å². The molecule has 2 saturated heterocycles. The lowest BCUT2D eigenvalue weighted by Crippen LogP contribution is -2.52. The Morgan fingerprint density at radius 1 is 1.00 bits per heavy atom. The van der Waals surface area contributed by atoms with Crippen LogP contribution in [0.4, 0.5) is 0 Å². The fraction of sp³-hybridized carbons (Fsp3) is 0.421. The molecule has 2 aliphatic rings. The summed E-state index contributed by atoms with van der Waals surface area (Å²) in [5.41, 5.74) is 0.805. The summed E-state index contributed by atoms with van der Waals surface area (Å²) >= 11 is 0. The predicted octanol–water partition coefficient (Wildman–Crippen LogP) is 2.38. The van der Waals surface area contributed by atoms with Crippen LogP contribution < -0.4 is 5.32 Å². The van der Waals surface area contributed by atoms with Crippen molar-refractivity contribution in [3.63, 3.8) is 0 Å². The van der Waals surface area contributed by atoms with Crippen molar-refractivity contribution in [3.05, 3.63) is 48.0 Å². The number of rotatable bonds is 2. The molecule has 0 aromatic heterocycles. The van der Waals surface area contributed by atoms with Crippen LogP contribution in [-0.2, 0) is 0 Å². The van der Waals surface area contributed by atoms with Gasteiger partial charge in [0.1, 0.15) is 0 Å². The largest absolute Gasteiger partial charge is 0.336 e. The van der Waals surface area contributed by atoms with Crippen molar-refractivity contribution in [2.24, 2.45) is 0 Å². The van der Waals surface area contributed by atoms with E-state index < -0.39 is 0 Å². The summed E-state index contributed by atoms with van der Waals surface area (Å²) in [4.78, 5) is 17.3. The first kappa shape index (κ1) is 17.2. The van der Waals surface area contributed by atoms with Crippen LogP contribution in [-0.4, -0.2) is 61.0 Å².